The summed E-state index contributed by atoms with van der Waals surface area (Å²) in [6, 6.07) is 6.09. The lowest BCUT2D eigenvalue weighted by Gasteiger charge is -2.34. The normalized spacial score (nSPS) is 27.4. The maximum Gasteiger partial charge on any atom is 0.131 e. The van der Waals surface area contributed by atoms with Gasteiger partial charge in [-0.25, -0.2) is 4.39 Å². The van der Waals surface area contributed by atoms with Gasteiger partial charge in [-0.05, 0) is 44.9 Å². The van der Waals surface area contributed by atoms with Crippen molar-refractivity contribution < 1.29 is 9.13 Å². The van der Waals surface area contributed by atoms with E-state index >= 15 is 0 Å². The molecule has 3 nitrogen and oxygen atoms in total. The van der Waals surface area contributed by atoms with Crippen LogP contribution in [0, 0.1) is 5.82 Å². The molecule has 1 aromatic rings. The van der Waals surface area contributed by atoms with Crippen LogP contribution in [0.2, 0.25) is 0 Å². The average molecular weight is 292 g/mol. The molecule has 2 aliphatic rings. The van der Waals surface area contributed by atoms with Crippen LogP contribution >= 0.6 is 0 Å². The summed E-state index contributed by atoms with van der Waals surface area (Å²) in [6.07, 6.45) is 5.06. The van der Waals surface area contributed by atoms with E-state index in [0.29, 0.717) is 23.4 Å². The third-order valence-electron chi connectivity index (χ3n) is 4.99. The molecular weight excluding hydrogens is 267 g/mol. The van der Waals surface area contributed by atoms with Crippen molar-refractivity contribution in [2.75, 3.05) is 20.2 Å². The minimum absolute atomic E-state index is 0.0342. The van der Waals surface area contributed by atoms with Gasteiger partial charge in [0.05, 0.1) is 7.11 Å². The van der Waals surface area contributed by atoms with Crippen LogP contribution in [0.15, 0.2) is 18.2 Å². The van der Waals surface area contributed by atoms with Gasteiger partial charge in [0.15, 0.2) is 0 Å². The maximum absolute atomic E-state index is 14.2. The van der Waals surface area contributed by atoms with Crippen LogP contribution in [-0.2, 0) is 0 Å². The number of piperidine rings is 1. The van der Waals surface area contributed by atoms with Crippen molar-refractivity contribution in [3.05, 3.63) is 29.6 Å². The van der Waals surface area contributed by atoms with E-state index in [1.165, 1.54) is 38.4 Å². The van der Waals surface area contributed by atoms with Gasteiger partial charge >= 0.3 is 0 Å². The number of halogens is 1. The third kappa shape index (κ3) is 2.92. The molecule has 2 heterocycles. The van der Waals surface area contributed by atoms with Crippen LogP contribution in [0.5, 0.6) is 5.75 Å². The van der Waals surface area contributed by atoms with Crippen LogP contribution in [0.25, 0.3) is 0 Å². The van der Waals surface area contributed by atoms with Gasteiger partial charge in [-0.2, -0.15) is 0 Å². The highest BCUT2D eigenvalue weighted by Gasteiger charge is 2.36. The van der Waals surface area contributed by atoms with E-state index < -0.39 is 0 Å². The van der Waals surface area contributed by atoms with Crippen molar-refractivity contribution in [1.82, 2.24) is 10.2 Å². The fourth-order valence-corrected chi connectivity index (χ4v) is 3.96. The molecule has 3 unspecified atom stereocenters. The zero-order valence-corrected chi connectivity index (χ0v) is 12.9. The zero-order valence-electron chi connectivity index (χ0n) is 12.9. The number of nitrogens with zero attached hydrogens (tertiary/aromatic N) is 1. The van der Waals surface area contributed by atoms with Crippen LogP contribution in [0.4, 0.5) is 4.39 Å². The van der Waals surface area contributed by atoms with Gasteiger partial charge in [0.2, 0.25) is 0 Å². The second-order valence-electron chi connectivity index (χ2n) is 6.24. The highest BCUT2D eigenvalue weighted by atomic mass is 19.1. The van der Waals surface area contributed by atoms with E-state index in [0.717, 1.165) is 6.42 Å². The van der Waals surface area contributed by atoms with E-state index in [1.807, 2.05) is 13.0 Å². The molecule has 1 aromatic carbocycles. The first-order chi connectivity index (χ1) is 10.2. The Bertz CT molecular complexity index is 494. The Hall–Kier alpha value is -1.13. The lowest BCUT2D eigenvalue weighted by atomic mass is 9.97. The van der Waals surface area contributed by atoms with Gasteiger partial charge in [-0.15, -0.1) is 0 Å². The van der Waals surface area contributed by atoms with E-state index in [4.69, 9.17) is 4.74 Å². The first kappa shape index (κ1) is 14.8. The largest absolute Gasteiger partial charge is 0.496 e. The zero-order chi connectivity index (χ0) is 14.8. The van der Waals surface area contributed by atoms with Crippen LogP contribution in [0.1, 0.15) is 44.2 Å². The second kappa shape index (κ2) is 6.32. The molecule has 0 aromatic heterocycles. The second-order valence-corrected chi connectivity index (χ2v) is 6.24. The summed E-state index contributed by atoms with van der Waals surface area (Å²) in [6.45, 7) is 4.43. The molecule has 21 heavy (non-hydrogen) atoms. The molecule has 0 spiro atoms. The number of benzene rings is 1. The molecule has 0 bridgehead atoms. The van der Waals surface area contributed by atoms with E-state index in [9.17, 15) is 4.39 Å². The summed E-state index contributed by atoms with van der Waals surface area (Å²) in [5.41, 5.74) is 0.647. The summed E-state index contributed by atoms with van der Waals surface area (Å²) in [5, 5.41) is 3.65. The van der Waals surface area contributed by atoms with Gasteiger partial charge in [0.1, 0.15) is 11.6 Å². The highest BCUT2D eigenvalue weighted by Crippen LogP contribution is 2.32. The number of ether oxygens (including phenoxy) is 1. The molecule has 116 valence electrons. The van der Waals surface area contributed by atoms with Crippen molar-refractivity contribution in [3.63, 3.8) is 0 Å². The highest BCUT2D eigenvalue weighted by molar-refractivity contribution is 5.37. The molecule has 0 amide bonds. The van der Waals surface area contributed by atoms with E-state index in [1.54, 1.807) is 13.2 Å². The summed E-state index contributed by atoms with van der Waals surface area (Å²) in [7, 11) is 1.60. The average Bonchev–Trinajstić information content (AvgIpc) is 2.90. The Morgan fingerprint density at radius 3 is 2.95 bits per heavy atom. The first-order valence-corrected chi connectivity index (χ1v) is 8.03. The third-order valence-corrected chi connectivity index (χ3v) is 4.99. The lowest BCUT2D eigenvalue weighted by Crippen LogP contribution is -2.45. The molecule has 3 rings (SSSR count). The van der Waals surface area contributed by atoms with Crippen LogP contribution in [-0.4, -0.2) is 37.2 Å². The number of hydrogen-bond donors (Lipinski definition) is 1. The van der Waals surface area contributed by atoms with E-state index in [-0.39, 0.29) is 11.9 Å². The molecule has 0 radical (unpaired) electrons. The SMILES string of the molecule is COc1cccc(F)c1C(C)NC1CCN2CCCCC12. The van der Waals surface area contributed by atoms with Crippen molar-refractivity contribution in [1.29, 1.82) is 0 Å². The van der Waals surface area contributed by atoms with Crippen molar-refractivity contribution in [2.45, 2.75) is 50.7 Å². The molecule has 4 heteroatoms. The number of nitrogens with one attached hydrogen (secondary N) is 1. The predicted molar refractivity (Wildman–Crippen MR) is 82.1 cm³/mol. The first-order valence-electron chi connectivity index (χ1n) is 8.03. The summed E-state index contributed by atoms with van der Waals surface area (Å²) in [5.74, 6) is 0.446. The molecule has 2 aliphatic heterocycles. The fourth-order valence-electron chi connectivity index (χ4n) is 3.96. The van der Waals surface area contributed by atoms with Crippen LogP contribution < -0.4 is 10.1 Å². The minimum Gasteiger partial charge on any atom is -0.496 e. The number of fused-ring (bicyclic) bond motifs is 1. The number of hydrogen-bond acceptors (Lipinski definition) is 3. The Balaban J connectivity index is 1.73. The topological polar surface area (TPSA) is 24.5 Å². The minimum atomic E-state index is -0.187. The maximum atomic E-state index is 14.2. The number of methoxy groups -OCH3 is 1. The Kier molecular flexibility index (Phi) is 4.45. The molecule has 2 fully saturated rings. The molecule has 1 N–H and O–H groups in total. The Morgan fingerprint density at radius 2 is 2.14 bits per heavy atom. The summed E-state index contributed by atoms with van der Waals surface area (Å²) >= 11 is 0. The quantitative estimate of drug-likeness (QED) is 0.923. The van der Waals surface area contributed by atoms with Gasteiger partial charge < -0.3 is 10.1 Å². The van der Waals surface area contributed by atoms with Crippen molar-refractivity contribution in [2.24, 2.45) is 0 Å². The smallest absolute Gasteiger partial charge is 0.131 e. The van der Waals surface area contributed by atoms with Gasteiger partial charge in [0.25, 0.3) is 0 Å². The van der Waals surface area contributed by atoms with Crippen LogP contribution in [0.3, 0.4) is 0 Å². The van der Waals surface area contributed by atoms with Gasteiger partial charge in [-0.1, -0.05) is 12.5 Å². The predicted octanol–water partition coefficient (Wildman–Crippen LogP) is 3.11. The molecule has 0 aliphatic carbocycles. The van der Waals surface area contributed by atoms with E-state index in [2.05, 4.69) is 10.2 Å². The fraction of sp³-hybridized carbons (Fsp3) is 0.647. The van der Waals surface area contributed by atoms with Crippen molar-refractivity contribution >= 4 is 0 Å². The van der Waals surface area contributed by atoms with Crippen molar-refractivity contribution in [3.8, 4) is 5.75 Å². The van der Waals surface area contributed by atoms with Gasteiger partial charge in [-0.3, -0.25) is 4.90 Å². The number of rotatable bonds is 4. The molecule has 2 saturated heterocycles. The Labute approximate surface area is 126 Å². The lowest BCUT2D eigenvalue weighted by molar-refractivity contribution is 0.177. The Morgan fingerprint density at radius 1 is 1.29 bits per heavy atom. The monoisotopic (exact) mass is 292 g/mol. The van der Waals surface area contributed by atoms with Gasteiger partial charge in [0, 0.05) is 30.2 Å². The summed E-state index contributed by atoms with van der Waals surface area (Å²) < 4.78 is 19.5. The molecule has 3 atom stereocenters. The standard InChI is InChI=1S/C17H25FN2O/c1-12(17-13(18)6-5-8-16(17)21-2)19-14-9-11-20-10-4-3-7-15(14)20/h5-6,8,12,14-15,19H,3-4,7,9-11H2,1-2H3. The summed E-state index contributed by atoms with van der Waals surface area (Å²) in [4.78, 5) is 2.59. The molecule has 0 saturated carbocycles. The molecular formula is C17H25FN2O.